The van der Waals surface area contributed by atoms with Crippen LogP contribution in [0.4, 0.5) is 5.69 Å². The zero-order valence-corrected chi connectivity index (χ0v) is 18.0. The monoisotopic (exact) mass is 424 g/mol. The van der Waals surface area contributed by atoms with Gasteiger partial charge in [0.1, 0.15) is 5.75 Å². The van der Waals surface area contributed by atoms with Crippen LogP contribution in [0.25, 0.3) is 10.8 Å². The van der Waals surface area contributed by atoms with E-state index in [4.69, 9.17) is 4.74 Å². The van der Waals surface area contributed by atoms with Gasteiger partial charge in [-0.2, -0.15) is 0 Å². The fraction of sp³-hybridized carbons (Fsp3) is 0.261. The number of carbonyl (C=O) groups is 1. The van der Waals surface area contributed by atoms with E-state index in [1.54, 1.807) is 25.3 Å². The first-order chi connectivity index (χ1) is 14.3. The molecule has 0 saturated heterocycles. The number of rotatable bonds is 5. The summed E-state index contributed by atoms with van der Waals surface area (Å²) >= 11 is 0. The van der Waals surface area contributed by atoms with Crippen LogP contribution in [0, 0.1) is 0 Å². The van der Waals surface area contributed by atoms with Gasteiger partial charge < -0.3 is 10.1 Å². The second-order valence-corrected chi connectivity index (χ2v) is 9.54. The molecule has 1 aliphatic heterocycles. The minimum atomic E-state index is -3.34. The molecule has 0 aliphatic carbocycles. The van der Waals surface area contributed by atoms with Gasteiger partial charge >= 0.3 is 0 Å². The van der Waals surface area contributed by atoms with Gasteiger partial charge in [-0.05, 0) is 71.6 Å². The minimum absolute atomic E-state index is 0.149. The number of ether oxygens (including phenoxy) is 1. The zero-order chi connectivity index (χ0) is 21.5. The van der Waals surface area contributed by atoms with Crippen molar-refractivity contribution in [2.24, 2.45) is 0 Å². The van der Waals surface area contributed by atoms with E-state index in [1.807, 2.05) is 43.3 Å². The van der Waals surface area contributed by atoms with Crippen LogP contribution >= 0.6 is 0 Å². The first-order valence-electron chi connectivity index (χ1n) is 9.73. The molecule has 3 aromatic carbocycles. The average Bonchev–Trinajstić information content (AvgIpc) is 3.06. The lowest BCUT2D eigenvalue weighted by molar-refractivity contribution is 0.0951. The van der Waals surface area contributed by atoms with Crippen LogP contribution in [0.3, 0.4) is 0 Å². The molecule has 6 nitrogen and oxygen atoms in total. The summed E-state index contributed by atoms with van der Waals surface area (Å²) in [5.41, 5.74) is 3.06. The van der Waals surface area contributed by atoms with Crippen molar-refractivity contribution in [2.75, 3.05) is 17.7 Å². The Bertz CT molecular complexity index is 1240. The number of hydrogen-bond donors (Lipinski definition) is 1. The Kier molecular flexibility index (Phi) is 5.15. The minimum Gasteiger partial charge on any atom is -0.497 e. The average molecular weight is 425 g/mol. The number of carbonyl (C=O) groups excluding carboxylic acids is 1. The Hall–Kier alpha value is -3.06. The lowest BCUT2D eigenvalue weighted by Crippen LogP contribution is -2.34. The summed E-state index contributed by atoms with van der Waals surface area (Å²) in [5.74, 6) is 0.627. The highest BCUT2D eigenvalue weighted by Gasteiger charge is 2.32. The van der Waals surface area contributed by atoms with E-state index in [0.29, 0.717) is 24.2 Å². The van der Waals surface area contributed by atoms with Gasteiger partial charge in [-0.15, -0.1) is 0 Å². The van der Waals surface area contributed by atoms with Crippen molar-refractivity contribution in [3.63, 3.8) is 0 Å². The van der Waals surface area contributed by atoms with E-state index in [0.717, 1.165) is 27.6 Å². The van der Waals surface area contributed by atoms with Gasteiger partial charge in [0.15, 0.2) is 0 Å². The van der Waals surface area contributed by atoms with Crippen LogP contribution in [-0.2, 0) is 23.0 Å². The van der Waals surface area contributed by atoms with Crippen molar-refractivity contribution in [2.45, 2.75) is 25.9 Å². The molecule has 0 fully saturated rings. The summed E-state index contributed by atoms with van der Waals surface area (Å²) in [6.07, 6.45) is 1.80. The maximum atomic E-state index is 12.7. The molecule has 156 valence electrons. The third-order valence-corrected chi connectivity index (χ3v) is 6.69. The molecule has 1 atom stereocenters. The van der Waals surface area contributed by atoms with E-state index >= 15 is 0 Å². The molecular formula is C23H24N2O4S. The highest BCUT2D eigenvalue weighted by molar-refractivity contribution is 7.92. The molecule has 7 heteroatoms. The van der Waals surface area contributed by atoms with E-state index in [-0.39, 0.29) is 11.9 Å². The van der Waals surface area contributed by atoms with Gasteiger partial charge in [-0.1, -0.05) is 18.2 Å². The Morgan fingerprint density at radius 3 is 2.57 bits per heavy atom. The maximum absolute atomic E-state index is 12.7. The van der Waals surface area contributed by atoms with Gasteiger partial charge in [0, 0.05) is 18.2 Å². The molecule has 0 radical (unpaired) electrons. The summed E-state index contributed by atoms with van der Waals surface area (Å²) in [7, 11) is -1.70. The maximum Gasteiger partial charge on any atom is 0.251 e. The number of nitrogens with zero attached hydrogens (tertiary/aromatic N) is 1. The molecule has 3 aromatic rings. The van der Waals surface area contributed by atoms with Crippen LogP contribution in [0.1, 0.15) is 28.4 Å². The Morgan fingerprint density at radius 2 is 1.83 bits per heavy atom. The summed E-state index contributed by atoms with van der Waals surface area (Å²) in [5, 5.41) is 5.11. The van der Waals surface area contributed by atoms with Crippen molar-refractivity contribution in [1.82, 2.24) is 5.32 Å². The number of hydrogen-bond acceptors (Lipinski definition) is 4. The van der Waals surface area contributed by atoms with Crippen molar-refractivity contribution in [3.05, 3.63) is 71.3 Å². The normalized spacial score (nSPS) is 15.8. The van der Waals surface area contributed by atoms with Crippen LogP contribution in [0.5, 0.6) is 5.75 Å². The molecule has 0 bridgehead atoms. The fourth-order valence-corrected chi connectivity index (χ4v) is 5.31. The van der Waals surface area contributed by atoms with Gasteiger partial charge in [0.25, 0.3) is 5.91 Å². The zero-order valence-electron chi connectivity index (χ0n) is 17.2. The lowest BCUT2D eigenvalue weighted by atomic mass is 10.1. The van der Waals surface area contributed by atoms with E-state index in [1.165, 1.54) is 10.6 Å². The molecule has 0 spiro atoms. The molecule has 1 N–H and O–H groups in total. The van der Waals surface area contributed by atoms with Crippen LogP contribution in [0.15, 0.2) is 54.6 Å². The van der Waals surface area contributed by atoms with E-state index < -0.39 is 10.0 Å². The Balaban J connectivity index is 1.49. The van der Waals surface area contributed by atoms with Gasteiger partial charge in [0.05, 0.1) is 19.1 Å². The van der Waals surface area contributed by atoms with Crippen molar-refractivity contribution in [3.8, 4) is 5.75 Å². The summed E-state index contributed by atoms with van der Waals surface area (Å²) in [4.78, 5) is 12.7. The number of benzene rings is 3. The molecule has 30 heavy (non-hydrogen) atoms. The molecule has 1 heterocycles. The van der Waals surface area contributed by atoms with Gasteiger partial charge in [0.2, 0.25) is 10.0 Å². The first kappa shape index (κ1) is 20.2. The Labute approximate surface area is 176 Å². The molecule has 0 saturated carbocycles. The summed E-state index contributed by atoms with van der Waals surface area (Å²) in [6, 6.07) is 17.0. The van der Waals surface area contributed by atoms with Crippen molar-refractivity contribution >= 4 is 32.4 Å². The highest BCUT2D eigenvalue weighted by Crippen LogP contribution is 2.34. The highest BCUT2D eigenvalue weighted by atomic mass is 32.2. The molecule has 1 amide bonds. The van der Waals surface area contributed by atoms with Crippen LogP contribution in [-0.4, -0.2) is 33.7 Å². The Morgan fingerprint density at radius 1 is 1.10 bits per heavy atom. The molecule has 4 rings (SSSR count). The van der Waals surface area contributed by atoms with E-state index in [2.05, 4.69) is 5.32 Å². The number of methoxy groups -OCH3 is 1. The molecular weight excluding hydrogens is 400 g/mol. The SMILES string of the molecule is COc1ccc2cc(CNC(=O)c3ccc4c(c3)CC(C)N4S(C)(=O)=O)ccc2c1. The van der Waals surface area contributed by atoms with Crippen molar-refractivity contribution < 1.29 is 17.9 Å². The topological polar surface area (TPSA) is 75.7 Å². The summed E-state index contributed by atoms with van der Waals surface area (Å²) in [6.45, 7) is 2.28. The number of fused-ring (bicyclic) bond motifs is 2. The van der Waals surface area contributed by atoms with Gasteiger partial charge in [-0.3, -0.25) is 9.10 Å². The predicted octanol–water partition coefficient (Wildman–Crippen LogP) is 3.49. The number of anilines is 1. The first-order valence-corrected chi connectivity index (χ1v) is 11.6. The largest absolute Gasteiger partial charge is 0.497 e. The molecule has 1 aliphatic rings. The standard InChI is InChI=1S/C23H24N2O4S/c1-15-10-20-12-19(7-9-22(20)25(15)30(3,27)28)23(26)24-14-16-4-5-18-13-21(29-2)8-6-17(18)11-16/h4-9,11-13,15H,10,14H2,1-3H3,(H,24,26). The second-order valence-electron chi connectivity index (χ2n) is 7.69. The van der Waals surface area contributed by atoms with Crippen LogP contribution in [0.2, 0.25) is 0 Å². The number of sulfonamides is 1. The number of nitrogens with one attached hydrogen (secondary N) is 1. The quantitative estimate of drug-likeness (QED) is 0.680. The third-order valence-electron chi connectivity index (χ3n) is 5.42. The summed E-state index contributed by atoms with van der Waals surface area (Å²) < 4.78 is 30.8. The van der Waals surface area contributed by atoms with Crippen LogP contribution < -0.4 is 14.4 Å². The van der Waals surface area contributed by atoms with Gasteiger partial charge in [-0.25, -0.2) is 8.42 Å². The molecule has 0 aromatic heterocycles. The lowest BCUT2D eigenvalue weighted by Gasteiger charge is -2.21. The predicted molar refractivity (Wildman–Crippen MR) is 119 cm³/mol. The fourth-order valence-electron chi connectivity index (χ4n) is 4.04. The third kappa shape index (κ3) is 3.85. The van der Waals surface area contributed by atoms with E-state index in [9.17, 15) is 13.2 Å². The molecule has 1 unspecified atom stereocenters. The van der Waals surface area contributed by atoms with Crippen molar-refractivity contribution in [1.29, 1.82) is 0 Å². The second kappa shape index (κ2) is 7.65. The smallest absolute Gasteiger partial charge is 0.251 e. The number of amides is 1.